The van der Waals surface area contributed by atoms with Crippen LogP contribution in [0.5, 0.6) is 5.75 Å². The molecular weight excluding hydrogens is 316 g/mol. The van der Waals surface area contributed by atoms with Crippen LogP contribution in [0.4, 0.5) is 16.3 Å². The fraction of sp³-hybridized carbons (Fsp3) is 0.600. The highest BCUT2D eigenvalue weighted by Gasteiger charge is 2.31. The summed E-state index contributed by atoms with van der Waals surface area (Å²) in [6.07, 6.45) is 1.68. The first-order valence-corrected chi connectivity index (χ1v) is 7.62. The van der Waals surface area contributed by atoms with Gasteiger partial charge in [-0.2, -0.15) is 0 Å². The van der Waals surface area contributed by atoms with Gasteiger partial charge in [0.05, 0.1) is 24.3 Å². The minimum atomic E-state index is -0.557. The predicted octanol–water partition coefficient (Wildman–Crippen LogP) is 2.42. The number of likely N-dealkylation sites (tertiary alicyclic amines) is 1. The zero-order valence-electron chi connectivity index (χ0n) is 14.2. The zero-order valence-corrected chi connectivity index (χ0v) is 14.2. The maximum atomic E-state index is 12.1. The van der Waals surface area contributed by atoms with Crippen molar-refractivity contribution in [2.75, 3.05) is 25.5 Å². The molecule has 0 aromatic carbocycles. The molecule has 132 valence electrons. The maximum Gasteiger partial charge on any atom is 0.410 e. The summed E-state index contributed by atoms with van der Waals surface area (Å²) in [5.41, 5.74) is -0.719. The van der Waals surface area contributed by atoms with E-state index in [1.165, 1.54) is 19.4 Å². The van der Waals surface area contributed by atoms with Crippen molar-refractivity contribution in [3.05, 3.63) is 22.4 Å². The Morgan fingerprint density at radius 3 is 2.79 bits per heavy atom. The molecule has 0 aliphatic carbocycles. The largest absolute Gasteiger partial charge is 0.495 e. The molecule has 2 heterocycles. The number of nitrogens with one attached hydrogen (secondary N) is 1. The lowest BCUT2D eigenvalue weighted by atomic mass is 10.2. The van der Waals surface area contributed by atoms with Crippen molar-refractivity contribution < 1.29 is 19.2 Å². The minimum Gasteiger partial charge on any atom is -0.495 e. The molecule has 1 aliphatic rings. The lowest BCUT2D eigenvalue weighted by Crippen LogP contribution is -2.36. The van der Waals surface area contributed by atoms with E-state index in [1.807, 2.05) is 0 Å². The number of hydrogen-bond donors (Lipinski definition) is 1. The molecule has 0 bridgehead atoms. The average Bonchev–Trinajstić information content (AvgIpc) is 2.94. The Kier molecular flexibility index (Phi) is 5.10. The van der Waals surface area contributed by atoms with E-state index < -0.39 is 10.5 Å². The van der Waals surface area contributed by atoms with E-state index in [2.05, 4.69) is 10.3 Å². The number of ether oxygens (including phenoxy) is 2. The van der Waals surface area contributed by atoms with Gasteiger partial charge in [0.15, 0.2) is 0 Å². The molecule has 1 fully saturated rings. The monoisotopic (exact) mass is 338 g/mol. The van der Waals surface area contributed by atoms with Gasteiger partial charge in [0.25, 0.3) is 0 Å². The van der Waals surface area contributed by atoms with Crippen molar-refractivity contribution in [2.24, 2.45) is 0 Å². The van der Waals surface area contributed by atoms with Crippen molar-refractivity contribution in [3.8, 4) is 5.75 Å². The summed E-state index contributed by atoms with van der Waals surface area (Å²) in [7, 11) is 1.42. The molecular formula is C15H22N4O5. The van der Waals surface area contributed by atoms with Crippen LogP contribution in [0.15, 0.2) is 12.3 Å². The second-order valence-electron chi connectivity index (χ2n) is 6.56. The Bertz CT molecular complexity index is 629. The standard InChI is InChI=1S/C15H22N4O5/c1-15(2,3)24-14(20)18-6-5-10(9-18)17-13-12(19(21)22)7-11(23-4)8-16-13/h7-8,10H,5-6,9H2,1-4H3,(H,16,17)/t10-/m0/s1. The first-order valence-electron chi connectivity index (χ1n) is 7.62. The van der Waals surface area contributed by atoms with Crippen LogP contribution in [-0.4, -0.2) is 52.7 Å². The number of hydrogen-bond acceptors (Lipinski definition) is 7. The minimum absolute atomic E-state index is 0.128. The van der Waals surface area contributed by atoms with E-state index in [0.29, 0.717) is 25.3 Å². The highest BCUT2D eigenvalue weighted by atomic mass is 16.6. The quantitative estimate of drug-likeness (QED) is 0.663. The van der Waals surface area contributed by atoms with Gasteiger partial charge in [0.2, 0.25) is 5.82 Å². The van der Waals surface area contributed by atoms with Gasteiger partial charge in [-0.05, 0) is 27.2 Å². The van der Waals surface area contributed by atoms with Crippen LogP contribution in [0, 0.1) is 10.1 Å². The normalized spacial score (nSPS) is 17.5. The van der Waals surface area contributed by atoms with E-state index >= 15 is 0 Å². The van der Waals surface area contributed by atoms with Crippen molar-refractivity contribution in [1.82, 2.24) is 9.88 Å². The van der Waals surface area contributed by atoms with Crippen LogP contribution in [0.2, 0.25) is 0 Å². The summed E-state index contributed by atoms with van der Waals surface area (Å²) in [4.78, 5) is 28.3. The molecule has 0 radical (unpaired) electrons. The topological polar surface area (TPSA) is 107 Å². The van der Waals surface area contributed by atoms with E-state index in [1.54, 1.807) is 25.7 Å². The molecule has 1 N–H and O–H groups in total. The second kappa shape index (κ2) is 6.90. The van der Waals surface area contributed by atoms with Gasteiger partial charge >= 0.3 is 11.8 Å². The molecule has 0 saturated carbocycles. The number of methoxy groups -OCH3 is 1. The van der Waals surface area contributed by atoms with Gasteiger partial charge in [-0.25, -0.2) is 9.78 Å². The molecule has 1 atom stereocenters. The predicted molar refractivity (Wildman–Crippen MR) is 87.3 cm³/mol. The van der Waals surface area contributed by atoms with E-state index in [9.17, 15) is 14.9 Å². The first kappa shape index (κ1) is 17.8. The first-order chi connectivity index (χ1) is 11.2. The molecule has 1 aromatic rings. The number of aromatic nitrogens is 1. The van der Waals surface area contributed by atoms with Crippen molar-refractivity contribution in [2.45, 2.75) is 38.8 Å². The summed E-state index contributed by atoms with van der Waals surface area (Å²) >= 11 is 0. The molecule has 9 heteroatoms. The van der Waals surface area contributed by atoms with Gasteiger partial charge in [0, 0.05) is 19.1 Å². The number of nitro groups is 1. The Morgan fingerprint density at radius 1 is 1.50 bits per heavy atom. The summed E-state index contributed by atoms with van der Waals surface area (Å²) in [5, 5.41) is 14.2. The van der Waals surface area contributed by atoms with Crippen LogP contribution in [0.1, 0.15) is 27.2 Å². The van der Waals surface area contributed by atoms with E-state index in [0.717, 1.165) is 0 Å². The molecule has 0 spiro atoms. The fourth-order valence-electron chi connectivity index (χ4n) is 2.36. The number of pyridine rings is 1. The van der Waals surface area contributed by atoms with E-state index in [4.69, 9.17) is 9.47 Å². The van der Waals surface area contributed by atoms with Gasteiger partial charge in [-0.15, -0.1) is 0 Å². The van der Waals surface area contributed by atoms with Crippen LogP contribution in [-0.2, 0) is 4.74 Å². The number of nitrogens with zero attached hydrogens (tertiary/aromatic N) is 3. The van der Waals surface area contributed by atoms with Gasteiger partial charge in [0.1, 0.15) is 11.4 Å². The highest BCUT2D eigenvalue weighted by molar-refractivity contribution is 5.69. The van der Waals surface area contributed by atoms with Gasteiger partial charge in [-0.3, -0.25) is 10.1 Å². The number of amides is 1. The SMILES string of the molecule is COc1cnc(N[C@H]2CCN(C(=O)OC(C)(C)C)C2)c([N+](=O)[O-])c1. The highest BCUT2D eigenvalue weighted by Crippen LogP contribution is 2.28. The third-order valence-electron chi connectivity index (χ3n) is 3.46. The van der Waals surface area contributed by atoms with Crippen LogP contribution < -0.4 is 10.1 Å². The Balaban J connectivity index is 2.03. The number of carbonyl (C=O) groups is 1. The lowest BCUT2D eigenvalue weighted by molar-refractivity contribution is -0.384. The maximum absolute atomic E-state index is 12.1. The van der Waals surface area contributed by atoms with E-state index in [-0.39, 0.29) is 23.6 Å². The van der Waals surface area contributed by atoms with Gasteiger partial charge < -0.3 is 19.7 Å². The molecule has 24 heavy (non-hydrogen) atoms. The zero-order chi connectivity index (χ0) is 17.9. The summed E-state index contributed by atoms with van der Waals surface area (Å²) in [5.74, 6) is 0.478. The number of anilines is 1. The molecule has 0 unspecified atom stereocenters. The Morgan fingerprint density at radius 2 is 2.21 bits per heavy atom. The third kappa shape index (κ3) is 4.46. The Hall–Kier alpha value is -2.58. The summed E-state index contributed by atoms with van der Waals surface area (Å²) in [6, 6.07) is 1.19. The van der Waals surface area contributed by atoms with Crippen LogP contribution in [0.3, 0.4) is 0 Å². The summed E-state index contributed by atoms with van der Waals surface area (Å²) in [6.45, 7) is 6.35. The fourth-order valence-corrected chi connectivity index (χ4v) is 2.36. The third-order valence-corrected chi connectivity index (χ3v) is 3.46. The molecule has 2 rings (SSSR count). The van der Waals surface area contributed by atoms with Crippen molar-refractivity contribution in [3.63, 3.8) is 0 Å². The van der Waals surface area contributed by atoms with Crippen molar-refractivity contribution >= 4 is 17.6 Å². The van der Waals surface area contributed by atoms with Crippen LogP contribution >= 0.6 is 0 Å². The smallest absolute Gasteiger partial charge is 0.410 e. The molecule has 1 aromatic heterocycles. The molecule has 1 amide bonds. The van der Waals surface area contributed by atoms with Gasteiger partial charge in [-0.1, -0.05) is 0 Å². The lowest BCUT2D eigenvalue weighted by Gasteiger charge is -2.24. The number of rotatable bonds is 4. The second-order valence-corrected chi connectivity index (χ2v) is 6.56. The molecule has 1 saturated heterocycles. The van der Waals surface area contributed by atoms with Crippen LogP contribution in [0.25, 0.3) is 0 Å². The van der Waals surface area contributed by atoms with Crippen molar-refractivity contribution in [1.29, 1.82) is 0 Å². The molecule has 9 nitrogen and oxygen atoms in total. The molecule has 1 aliphatic heterocycles. The summed E-state index contributed by atoms with van der Waals surface area (Å²) < 4.78 is 10.3. The average molecular weight is 338 g/mol. The Labute approximate surface area is 140 Å². The number of carbonyl (C=O) groups excluding carboxylic acids is 1.